The van der Waals surface area contributed by atoms with E-state index >= 15 is 0 Å². The summed E-state index contributed by atoms with van der Waals surface area (Å²) in [6.07, 6.45) is 0.948. The van der Waals surface area contributed by atoms with Gasteiger partial charge in [0.15, 0.2) is 0 Å². The Hall–Kier alpha value is -0.610. The van der Waals surface area contributed by atoms with Crippen LogP contribution in [-0.2, 0) is 4.79 Å². The molecule has 0 spiro atoms. The smallest absolute Gasteiger partial charge is 0.239 e. The highest BCUT2D eigenvalue weighted by atomic mass is 16.3. The van der Waals surface area contributed by atoms with Crippen molar-refractivity contribution in [3.8, 4) is 0 Å². The molecule has 1 saturated heterocycles. The van der Waals surface area contributed by atoms with Crippen LogP contribution in [0.4, 0.5) is 0 Å². The number of aliphatic hydroxyl groups is 1. The summed E-state index contributed by atoms with van der Waals surface area (Å²) in [5, 5.41) is 9.34. The van der Waals surface area contributed by atoms with Crippen molar-refractivity contribution in [1.29, 1.82) is 0 Å². The molecular weight excluding hydrogens is 168 g/mol. The number of hydrogen-bond donors (Lipinski definition) is 2. The Kier molecular flexibility index (Phi) is 3.27. The first-order chi connectivity index (χ1) is 6.06. The standard InChI is InChI=1S/C9H18N2O2/c1-3-8(10)9(13)11-5-7(12)4-6(11)2/h6-8,12H,3-5,10H2,1-2H3. The van der Waals surface area contributed by atoms with Crippen molar-refractivity contribution >= 4 is 5.91 Å². The number of hydrogen-bond acceptors (Lipinski definition) is 3. The molecule has 1 heterocycles. The van der Waals surface area contributed by atoms with Crippen LogP contribution in [0.2, 0.25) is 0 Å². The highest BCUT2D eigenvalue weighted by molar-refractivity contribution is 5.82. The Morgan fingerprint density at radius 1 is 1.77 bits per heavy atom. The number of nitrogens with two attached hydrogens (primary N) is 1. The molecule has 3 unspecified atom stereocenters. The maximum absolute atomic E-state index is 11.6. The molecule has 76 valence electrons. The van der Waals surface area contributed by atoms with E-state index in [1.54, 1.807) is 4.90 Å². The average molecular weight is 186 g/mol. The minimum Gasteiger partial charge on any atom is -0.391 e. The van der Waals surface area contributed by atoms with Crippen molar-refractivity contribution in [2.75, 3.05) is 6.54 Å². The fourth-order valence-electron chi connectivity index (χ4n) is 1.70. The van der Waals surface area contributed by atoms with Gasteiger partial charge in [-0.15, -0.1) is 0 Å². The maximum atomic E-state index is 11.6. The zero-order valence-corrected chi connectivity index (χ0v) is 8.23. The lowest BCUT2D eigenvalue weighted by molar-refractivity contribution is -0.133. The van der Waals surface area contributed by atoms with Crippen molar-refractivity contribution < 1.29 is 9.90 Å². The minimum atomic E-state index is -0.409. The summed E-state index contributed by atoms with van der Waals surface area (Å²) >= 11 is 0. The molecule has 0 aromatic carbocycles. The molecule has 1 aliphatic heterocycles. The van der Waals surface area contributed by atoms with Crippen molar-refractivity contribution in [1.82, 2.24) is 4.90 Å². The van der Waals surface area contributed by atoms with Crippen molar-refractivity contribution in [3.05, 3.63) is 0 Å². The van der Waals surface area contributed by atoms with Crippen LogP contribution in [0.25, 0.3) is 0 Å². The van der Waals surface area contributed by atoms with Gasteiger partial charge in [0.2, 0.25) is 5.91 Å². The molecular formula is C9H18N2O2. The molecule has 0 aromatic rings. The minimum absolute atomic E-state index is 0.0356. The van der Waals surface area contributed by atoms with Gasteiger partial charge in [0, 0.05) is 12.6 Å². The number of carbonyl (C=O) groups is 1. The fraction of sp³-hybridized carbons (Fsp3) is 0.889. The molecule has 4 nitrogen and oxygen atoms in total. The SMILES string of the molecule is CCC(N)C(=O)N1CC(O)CC1C. The third kappa shape index (κ3) is 2.19. The molecule has 0 saturated carbocycles. The van der Waals surface area contributed by atoms with E-state index in [4.69, 9.17) is 5.73 Å². The van der Waals surface area contributed by atoms with Crippen LogP contribution in [-0.4, -0.2) is 40.6 Å². The highest BCUT2D eigenvalue weighted by Gasteiger charge is 2.32. The lowest BCUT2D eigenvalue weighted by atomic mass is 10.2. The normalized spacial score (nSPS) is 30.6. The molecule has 13 heavy (non-hydrogen) atoms. The second-order valence-corrected chi connectivity index (χ2v) is 3.74. The molecule has 3 atom stereocenters. The van der Waals surface area contributed by atoms with E-state index < -0.39 is 6.04 Å². The molecule has 1 aliphatic rings. The number of carbonyl (C=O) groups excluding carboxylic acids is 1. The molecule has 3 N–H and O–H groups in total. The second kappa shape index (κ2) is 4.07. The Bertz CT molecular complexity index is 196. The van der Waals surface area contributed by atoms with Gasteiger partial charge in [-0.1, -0.05) is 6.92 Å². The second-order valence-electron chi connectivity index (χ2n) is 3.74. The van der Waals surface area contributed by atoms with E-state index in [1.807, 2.05) is 13.8 Å². The Balaban J connectivity index is 2.57. The van der Waals surface area contributed by atoms with Crippen LogP contribution >= 0.6 is 0 Å². The zero-order valence-electron chi connectivity index (χ0n) is 8.23. The van der Waals surface area contributed by atoms with Crippen molar-refractivity contribution in [3.63, 3.8) is 0 Å². The van der Waals surface area contributed by atoms with Crippen LogP contribution in [0.5, 0.6) is 0 Å². The molecule has 1 amide bonds. The van der Waals surface area contributed by atoms with E-state index in [-0.39, 0.29) is 18.1 Å². The first-order valence-corrected chi connectivity index (χ1v) is 4.80. The Labute approximate surface area is 78.7 Å². The van der Waals surface area contributed by atoms with Gasteiger partial charge in [0.05, 0.1) is 12.1 Å². The fourth-order valence-corrected chi connectivity index (χ4v) is 1.70. The molecule has 1 fully saturated rings. The summed E-state index contributed by atoms with van der Waals surface area (Å²) in [5.74, 6) is -0.0356. The molecule has 1 rings (SSSR count). The summed E-state index contributed by atoms with van der Waals surface area (Å²) in [7, 11) is 0. The zero-order chi connectivity index (χ0) is 10.0. The lowest BCUT2D eigenvalue weighted by Crippen LogP contribution is -2.45. The van der Waals surface area contributed by atoms with Crippen molar-refractivity contribution in [2.24, 2.45) is 5.73 Å². The van der Waals surface area contributed by atoms with Crippen LogP contribution in [0.1, 0.15) is 26.7 Å². The van der Waals surface area contributed by atoms with Gasteiger partial charge in [0.1, 0.15) is 0 Å². The number of likely N-dealkylation sites (tertiary alicyclic amines) is 1. The first kappa shape index (κ1) is 10.5. The number of aliphatic hydroxyl groups excluding tert-OH is 1. The number of β-amino-alcohol motifs (C(OH)–C–C–N with tert-alkyl or cyclic N) is 1. The van der Waals surface area contributed by atoms with Gasteiger partial charge in [-0.05, 0) is 19.8 Å². The quantitative estimate of drug-likeness (QED) is 0.622. The van der Waals surface area contributed by atoms with E-state index in [2.05, 4.69) is 0 Å². The Morgan fingerprint density at radius 3 is 2.77 bits per heavy atom. The van der Waals surface area contributed by atoms with Crippen molar-refractivity contribution in [2.45, 2.75) is 44.9 Å². The summed E-state index contributed by atoms with van der Waals surface area (Å²) in [4.78, 5) is 13.3. The predicted octanol–water partition coefficient (Wildman–Crippen LogP) is -0.295. The van der Waals surface area contributed by atoms with Crippen LogP contribution in [0.3, 0.4) is 0 Å². The highest BCUT2D eigenvalue weighted by Crippen LogP contribution is 2.18. The summed E-state index contributed by atoms with van der Waals surface area (Å²) in [5.41, 5.74) is 5.63. The van der Waals surface area contributed by atoms with Gasteiger partial charge >= 0.3 is 0 Å². The summed E-state index contributed by atoms with van der Waals surface area (Å²) in [6, 6.07) is -0.284. The first-order valence-electron chi connectivity index (χ1n) is 4.80. The third-order valence-electron chi connectivity index (χ3n) is 2.59. The van der Waals surface area contributed by atoms with E-state index in [0.29, 0.717) is 19.4 Å². The largest absolute Gasteiger partial charge is 0.391 e. The maximum Gasteiger partial charge on any atom is 0.239 e. The van der Waals surface area contributed by atoms with Gasteiger partial charge in [-0.25, -0.2) is 0 Å². The molecule has 4 heteroatoms. The van der Waals surface area contributed by atoms with Gasteiger partial charge in [0.25, 0.3) is 0 Å². The average Bonchev–Trinajstić information content (AvgIpc) is 2.42. The number of nitrogens with zero attached hydrogens (tertiary/aromatic N) is 1. The summed E-state index contributed by atoms with van der Waals surface area (Å²) < 4.78 is 0. The monoisotopic (exact) mass is 186 g/mol. The van der Waals surface area contributed by atoms with E-state index in [1.165, 1.54) is 0 Å². The Morgan fingerprint density at radius 2 is 2.38 bits per heavy atom. The van der Waals surface area contributed by atoms with Crippen LogP contribution < -0.4 is 5.73 Å². The number of amides is 1. The molecule has 0 aromatic heterocycles. The topological polar surface area (TPSA) is 66.6 Å². The predicted molar refractivity (Wildman–Crippen MR) is 50.1 cm³/mol. The van der Waals surface area contributed by atoms with Crippen LogP contribution in [0.15, 0.2) is 0 Å². The van der Waals surface area contributed by atoms with Crippen LogP contribution in [0, 0.1) is 0 Å². The summed E-state index contributed by atoms with van der Waals surface area (Å²) in [6.45, 7) is 4.27. The lowest BCUT2D eigenvalue weighted by Gasteiger charge is -2.23. The van der Waals surface area contributed by atoms with Gasteiger partial charge in [-0.2, -0.15) is 0 Å². The van der Waals surface area contributed by atoms with E-state index in [0.717, 1.165) is 0 Å². The number of rotatable bonds is 2. The molecule has 0 bridgehead atoms. The van der Waals surface area contributed by atoms with E-state index in [9.17, 15) is 9.90 Å². The van der Waals surface area contributed by atoms with Gasteiger partial charge in [-0.3, -0.25) is 4.79 Å². The third-order valence-corrected chi connectivity index (χ3v) is 2.59. The van der Waals surface area contributed by atoms with Gasteiger partial charge < -0.3 is 15.7 Å². The molecule has 0 aliphatic carbocycles. The molecule has 0 radical (unpaired) electrons.